The zero-order valence-corrected chi connectivity index (χ0v) is 17.2. The third-order valence-corrected chi connectivity index (χ3v) is 5.23. The zero-order valence-electron chi connectivity index (χ0n) is 14.9. The molecule has 0 saturated heterocycles. The van der Waals surface area contributed by atoms with Crippen molar-refractivity contribution in [3.05, 3.63) is 56.3 Å². The lowest BCUT2D eigenvalue weighted by molar-refractivity contribution is -0.136. The molecule has 0 radical (unpaired) electrons. The monoisotopic (exact) mass is 445 g/mol. The van der Waals surface area contributed by atoms with Gasteiger partial charge in [0.15, 0.2) is 11.6 Å². The molecule has 1 fully saturated rings. The highest BCUT2D eigenvalue weighted by atomic mass is 35.5. The predicted molar refractivity (Wildman–Crippen MR) is 109 cm³/mol. The van der Waals surface area contributed by atoms with E-state index in [1.165, 1.54) is 6.07 Å². The largest absolute Gasteiger partial charge is 0.486 e. The van der Waals surface area contributed by atoms with Gasteiger partial charge < -0.3 is 15.2 Å². The third kappa shape index (κ3) is 5.66. The zero-order chi connectivity index (χ0) is 20.3. The highest BCUT2D eigenvalue weighted by molar-refractivity contribution is 6.37. The standard InChI is InChI=1S/C20H19Cl3FNO3/c21-14-7-13(19(24)17(8-14)25-9-11-1-2-11)10-28-20-15(22)5-12(6-16(20)23)3-4-18(26)27/h5-8,11,25H,1-4,9-10H2,(H,26,27). The molecule has 0 spiro atoms. The van der Waals surface area contributed by atoms with E-state index in [2.05, 4.69) is 5.32 Å². The van der Waals surface area contributed by atoms with Crippen molar-refractivity contribution in [2.75, 3.05) is 11.9 Å². The Hall–Kier alpha value is -1.69. The van der Waals surface area contributed by atoms with E-state index in [0.717, 1.165) is 12.8 Å². The number of nitrogens with one attached hydrogen (secondary N) is 1. The Labute approximate surface area is 177 Å². The Morgan fingerprint density at radius 1 is 1.18 bits per heavy atom. The van der Waals surface area contributed by atoms with E-state index in [-0.39, 0.29) is 34.4 Å². The average molecular weight is 447 g/mol. The van der Waals surface area contributed by atoms with Crippen LogP contribution in [0.5, 0.6) is 5.75 Å². The van der Waals surface area contributed by atoms with E-state index in [9.17, 15) is 9.18 Å². The van der Waals surface area contributed by atoms with E-state index in [0.29, 0.717) is 35.2 Å². The summed E-state index contributed by atoms with van der Waals surface area (Å²) in [6.07, 6.45) is 2.58. The van der Waals surface area contributed by atoms with Crippen LogP contribution < -0.4 is 10.1 Å². The van der Waals surface area contributed by atoms with Gasteiger partial charge in [0.1, 0.15) is 6.61 Å². The fraction of sp³-hybridized carbons (Fsp3) is 0.350. The van der Waals surface area contributed by atoms with Crippen LogP contribution in [0.15, 0.2) is 24.3 Å². The van der Waals surface area contributed by atoms with E-state index in [4.69, 9.17) is 44.6 Å². The highest BCUT2D eigenvalue weighted by Gasteiger charge is 2.22. The van der Waals surface area contributed by atoms with Crippen LogP contribution in [0.3, 0.4) is 0 Å². The van der Waals surface area contributed by atoms with Crippen molar-refractivity contribution in [1.82, 2.24) is 0 Å². The summed E-state index contributed by atoms with van der Waals surface area (Å²) in [5.41, 5.74) is 1.32. The van der Waals surface area contributed by atoms with Crippen LogP contribution in [-0.4, -0.2) is 17.6 Å². The molecule has 0 atom stereocenters. The molecular formula is C20H19Cl3FNO3. The Morgan fingerprint density at radius 2 is 1.86 bits per heavy atom. The molecule has 4 nitrogen and oxygen atoms in total. The Morgan fingerprint density at radius 3 is 2.46 bits per heavy atom. The normalized spacial score (nSPS) is 13.4. The number of carboxylic acids is 1. The van der Waals surface area contributed by atoms with E-state index in [1.807, 2.05) is 0 Å². The van der Waals surface area contributed by atoms with E-state index < -0.39 is 11.8 Å². The molecule has 150 valence electrons. The molecule has 2 N–H and O–H groups in total. The molecule has 0 aliphatic heterocycles. The van der Waals surface area contributed by atoms with Crippen LogP contribution in [0.2, 0.25) is 15.1 Å². The van der Waals surface area contributed by atoms with Crippen molar-refractivity contribution in [1.29, 1.82) is 0 Å². The first-order chi connectivity index (χ1) is 13.3. The van der Waals surface area contributed by atoms with Crippen molar-refractivity contribution in [2.45, 2.75) is 32.3 Å². The maximum atomic E-state index is 14.7. The van der Waals surface area contributed by atoms with Crippen molar-refractivity contribution in [3.63, 3.8) is 0 Å². The molecule has 2 aromatic carbocycles. The fourth-order valence-electron chi connectivity index (χ4n) is 2.75. The summed E-state index contributed by atoms with van der Waals surface area (Å²) in [4.78, 5) is 10.7. The lowest BCUT2D eigenvalue weighted by atomic mass is 10.1. The van der Waals surface area contributed by atoms with Gasteiger partial charge in [-0.15, -0.1) is 0 Å². The van der Waals surface area contributed by atoms with Crippen LogP contribution in [0, 0.1) is 11.7 Å². The first kappa shape index (κ1) is 21.0. The number of benzene rings is 2. The second kappa shape index (κ2) is 9.21. The molecule has 1 saturated carbocycles. The third-order valence-electron chi connectivity index (χ3n) is 4.45. The molecule has 0 heterocycles. The second-order valence-corrected chi connectivity index (χ2v) is 8.07. The maximum absolute atomic E-state index is 14.7. The number of rotatable bonds is 9. The first-order valence-electron chi connectivity index (χ1n) is 8.87. The van der Waals surface area contributed by atoms with Gasteiger partial charge >= 0.3 is 5.97 Å². The minimum absolute atomic E-state index is 0.0305. The van der Waals surface area contributed by atoms with Gasteiger partial charge in [-0.2, -0.15) is 0 Å². The number of anilines is 1. The smallest absolute Gasteiger partial charge is 0.303 e. The molecular weight excluding hydrogens is 428 g/mol. The van der Waals surface area contributed by atoms with Gasteiger partial charge in [0.2, 0.25) is 0 Å². The molecule has 3 rings (SSSR count). The Kier molecular flexibility index (Phi) is 6.91. The van der Waals surface area contributed by atoms with Crippen LogP contribution >= 0.6 is 34.8 Å². The van der Waals surface area contributed by atoms with Gasteiger partial charge in [-0.05, 0) is 55.0 Å². The summed E-state index contributed by atoms with van der Waals surface area (Å²) in [7, 11) is 0. The predicted octanol–water partition coefficient (Wildman–Crippen LogP) is 6.20. The van der Waals surface area contributed by atoms with Crippen LogP contribution in [0.4, 0.5) is 10.1 Å². The van der Waals surface area contributed by atoms with Crippen LogP contribution in [0.25, 0.3) is 0 Å². The van der Waals surface area contributed by atoms with Crippen LogP contribution in [-0.2, 0) is 17.8 Å². The summed E-state index contributed by atoms with van der Waals surface area (Å²) in [6.45, 7) is 0.617. The number of hydrogen-bond acceptors (Lipinski definition) is 3. The van der Waals surface area contributed by atoms with Crippen molar-refractivity contribution in [2.24, 2.45) is 5.92 Å². The molecule has 0 bridgehead atoms. The van der Waals surface area contributed by atoms with Gasteiger partial charge in [0, 0.05) is 23.6 Å². The molecule has 0 amide bonds. The molecule has 0 aromatic heterocycles. The number of ether oxygens (including phenoxy) is 1. The fourth-order valence-corrected chi connectivity index (χ4v) is 3.63. The van der Waals surface area contributed by atoms with E-state index >= 15 is 0 Å². The molecule has 1 aliphatic rings. The maximum Gasteiger partial charge on any atom is 0.303 e. The quantitative estimate of drug-likeness (QED) is 0.481. The molecule has 28 heavy (non-hydrogen) atoms. The lowest BCUT2D eigenvalue weighted by Crippen LogP contribution is -2.08. The van der Waals surface area contributed by atoms with Gasteiger partial charge in [0.05, 0.1) is 15.7 Å². The summed E-state index contributed by atoms with van der Waals surface area (Å²) >= 11 is 18.6. The van der Waals surface area contributed by atoms with Gasteiger partial charge in [-0.1, -0.05) is 34.8 Å². The number of carbonyl (C=O) groups is 1. The summed E-state index contributed by atoms with van der Waals surface area (Å²) in [5, 5.41) is 12.8. The number of hydrogen-bond donors (Lipinski definition) is 2. The topological polar surface area (TPSA) is 58.6 Å². The first-order valence-corrected chi connectivity index (χ1v) is 10.0. The molecule has 0 unspecified atom stereocenters. The summed E-state index contributed by atoms with van der Waals surface area (Å²) < 4.78 is 20.4. The highest BCUT2D eigenvalue weighted by Crippen LogP contribution is 2.36. The molecule has 8 heteroatoms. The van der Waals surface area contributed by atoms with Crippen LogP contribution in [0.1, 0.15) is 30.4 Å². The average Bonchev–Trinajstić information content (AvgIpc) is 3.44. The Balaban J connectivity index is 1.71. The molecule has 2 aromatic rings. The van der Waals surface area contributed by atoms with E-state index in [1.54, 1.807) is 18.2 Å². The number of aryl methyl sites for hydroxylation is 1. The summed E-state index contributed by atoms with van der Waals surface area (Å²) in [6, 6.07) is 6.26. The van der Waals surface area contributed by atoms with Crippen molar-refractivity contribution >= 4 is 46.5 Å². The van der Waals surface area contributed by atoms with Gasteiger partial charge in [-0.3, -0.25) is 4.79 Å². The van der Waals surface area contributed by atoms with Gasteiger partial charge in [-0.25, -0.2) is 4.39 Å². The number of carboxylic acid groups (broad SMARTS) is 1. The summed E-state index contributed by atoms with van der Waals surface area (Å²) in [5.74, 6) is -0.518. The Bertz CT molecular complexity index is 864. The minimum atomic E-state index is -0.907. The SMILES string of the molecule is O=C(O)CCc1cc(Cl)c(OCc2cc(Cl)cc(NCC3CC3)c2F)c(Cl)c1. The van der Waals surface area contributed by atoms with Crippen molar-refractivity contribution in [3.8, 4) is 5.75 Å². The lowest BCUT2D eigenvalue weighted by Gasteiger charge is -2.14. The molecule has 1 aliphatic carbocycles. The van der Waals surface area contributed by atoms with Crippen molar-refractivity contribution < 1.29 is 19.0 Å². The second-order valence-electron chi connectivity index (χ2n) is 6.82. The number of aliphatic carboxylic acids is 1. The van der Waals surface area contributed by atoms with Gasteiger partial charge in [0.25, 0.3) is 0 Å². The number of halogens is 4. The minimum Gasteiger partial charge on any atom is -0.486 e.